The fourth-order valence-electron chi connectivity index (χ4n) is 5.58. The number of nitrogens with one attached hydrogen (secondary N) is 2. The highest BCUT2D eigenvalue weighted by Crippen LogP contribution is 2.38. The van der Waals surface area contributed by atoms with Crippen molar-refractivity contribution in [1.82, 2.24) is 10.2 Å². The number of rotatable bonds is 6. The maximum absolute atomic E-state index is 13.1. The summed E-state index contributed by atoms with van der Waals surface area (Å²) in [6.45, 7) is 0.792. The molecule has 2 amide bonds. The molecule has 1 saturated heterocycles. The van der Waals surface area contributed by atoms with Crippen LogP contribution in [-0.2, 0) is 21.9 Å². The van der Waals surface area contributed by atoms with Crippen molar-refractivity contribution >= 4 is 17.5 Å². The predicted octanol–water partition coefficient (Wildman–Crippen LogP) is 6.22. The van der Waals surface area contributed by atoms with E-state index >= 15 is 0 Å². The molecule has 0 unspecified atom stereocenters. The molecule has 4 rings (SSSR count). The van der Waals surface area contributed by atoms with Crippen LogP contribution in [0, 0.1) is 5.92 Å². The van der Waals surface area contributed by atoms with Gasteiger partial charge in [-0.15, -0.1) is 0 Å². The monoisotopic (exact) mass is 555 g/mol. The van der Waals surface area contributed by atoms with E-state index in [2.05, 4.69) is 27.7 Å². The van der Waals surface area contributed by atoms with E-state index in [1.54, 1.807) is 0 Å². The second-order valence-electron chi connectivity index (χ2n) is 10.6. The number of carbonyl (C=O) groups is 2. The molecule has 1 saturated carbocycles. The number of nitrogens with zero attached hydrogens (tertiary/aromatic N) is 1. The lowest BCUT2D eigenvalue weighted by Gasteiger charge is -2.30. The zero-order chi connectivity index (χ0) is 28.4. The zero-order valence-corrected chi connectivity index (χ0v) is 21.4. The van der Waals surface area contributed by atoms with Crippen molar-refractivity contribution in [2.75, 3.05) is 18.9 Å². The fraction of sp³-hybridized carbons (Fsp3) is 0.500. The fourth-order valence-corrected chi connectivity index (χ4v) is 5.58. The van der Waals surface area contributed by atoms with Crippen LogP contribution >= 0.6 is 0 Å². The average Bonchev–Trinajstić information content (AvgIpc) is 3.26. The molecule has 2 aromatic carbocycles. The Hall–Kier alpha value is -3.08. The van der Waals surface area contributed by atoms with Crippen LogP contribution < -0.4 is 10.6 Å². The first-order valence-electron chi connectivity index (χ1n) is 12.9. The molecule has 2 aromatic rings. The highest BCUT2D eigenvalue weighted by Gasteiger charge is 2.38. The summed E-state index contributed by atoms with van der Waals surface area (Å²) < 4.78 is 78.5. The molecule has 39 heavy (non-hydrogen) atoms. The van der Waals surface area contributed by atoms with Gasteiger partial charge in [0, 0.05) is 24.7 Å². The van der Waals surface area contributed by atoms with E-state index in [0.717, 1.165) is 13.0 Å². The van der Waals surface area contributed by atoms with Gasteiger partial charge in [-0.2, -0.15) is 26.3 Å². The standard InChI is InChI=1S/C28H31F6N3O2/c1-37-16-19(18-5-3-2-4-6-18)12-24(37)26(39)36-22-9-7-17(8-10-22)11-25(38)35-23-14-20(27(29,30)31)13-21(15-23)28(32,33)34/h2-6,13-15,17,19,22,24H,7-12,16H2,1H3,(H,35,38)(H,36,39)/t17?,19-,22?,24+/m1/s1. The summed E-state index contributed by atoms with van der Waals surface area (Å²) in [7, 11) is 1.94. The molecule has 1 aliphatic carbocycles. The van der Waals surface area contributed by atoms with Crippen molar-refractivity contribution in [1.29, 1.82) is 0 Å². The second kappa shape index (κ2) is 11.6. The first-order chi connectivity index (χ1) is 18.3. The molecule has 2 fully saturated rings. The van der Waals surface area contributed by atoms with Crippen LogP contribution in [0.2, 0.25) is 0 Å². The van der Waals surface area contributed by atoms with Gasteiger partial charge in [-0.1, -0.05) is 30.3 Å². The Labute approximate surface area is 222 Å². The van der Waals surface area contributed by atoms with Crippen molar-refractivity contribution in [2.45, 2.75) is 68.9 Å². The SMILES string of the molecule is CN1C[C@H](c2ccccc2)C[C@H]1C(=O)NC1CCC(CC(=O)Nc2cc(C(F)(F)F)cc(C(F)(F)F)c2)CC1. The Balaban J connectivity index is 1.26. The van der Waals surface area contributed by atoms with Crippen molar-refractivity contribution < 1.29 is 35.9 Å². The quantitative estimate of drug-likeness (QED) is 0.417. The van der Waals surface area contributed by atoms with E-state index in [9.17, 15) is 35.9 Å². The summed E-state index contributed by atoms with van der Waals surface area (Å²) in [5.41, 5.74) is -2.30. The number of benzene rings is 2. The summed E-state index contributed by atoms with van der Waals surface area (Å²) in [6.07, 6.45) is -6.76. The van der Waals surface area contributed by atoms with Gasteiger partial charge < -0.3 is 10.6 Å². The number of alkyl halides is 6. The van der Waals surface area contributed by atoms with Crippen molar-refractivity contribution in [3.8, 4) is 0 Å². The van der Waals surface area contributed by atoms with Gasteiger partial charge in [-0.25, -0.2) is 0 Å². The van der Waals surface area contributed by atoms with Crippen LogP contribution in [0.25, 0.3) is 0 Å². The summed E-state index contributed by atoms with van der Waals surface area (Å²) in [4.78, 5) is 27.5. The van der Waals surface area contributed by atoms with E-state index in [1.807, 2.05) is 25.2 Å². The highest BCUT2D eigenvalue weighted by atomic mass is 19.4. The zero-order valence-electron chi connectivity index (χ0n) is 21.4. The summed E-state index contributed by atoms with van der Waals surface area (Å²) in [6, 6.07) is 10.8. The molecule has 2 atom stereocenters. The van der Waals surface area contributed by atoms with Gasteiger partial charge in [0.25, 0.3) is 0 Å². The molecule has 0 radical (unpaired) electrons. The number of carbonyl (C=O) groups excluding carboxylic acids is 2. The number of hydrogen-bond donors (Lipinski definition) is 2. The first-order valence-corrected chi connectivity index (χ1v) is 12.9. The molecule has 1 heterocycles. The van der Waals surface area contributed by atoms with E-state index in [4.69, 9.17) is 0 Å². The molecule has 0 spiro atoms. The van der Waals surface area contributed by atoms with E-state index in [1.165, 1.54) is 5.56 Å². The van der Waals surface area contributed by atoms with Crippen LogP contribution in [0.1, 0.15) is 61.1 Å². The summed E-state index contributed by atoms with van der Waals surface area (Å²) >= 11 is 0. The molecule has 1 aliphatic heterocycles. The second-order valence-corrected chi connectivity index (χ2v) is 10.6. The van der Waals surface area contributed by atoms with Crippen molar-refractivity contribution in [2.24, 2.45) is 5.92 Å². The largest absolute Gasteiger partial charge is 0.416 e. The number of anilines is 1. The lowest BCUT2D eigenvalue weighted by Crippen LogP contribution is -2.46. The third kappa shape index (κ3) is 7.52. The average molecular weight is 556 g/mol. The minimum Gasteiger partial charge on any atom is -0.352 e. The third-order valence-corrected chi connectivity index (χ3v) is 7.66. The lowest BCUT2D eigenvalue weighted by molar-refractivity contribution is -0.143. The highest BCUT2D eigenvalue weighted by molar-refractivity contribution is 5.91. The van der Waals surface area contributed by atoms with Gasteiger partial charge in [0.2, 0.25) is 11.8 Å². The normalized spacial score (nSPS) is 24.4. The minimum atomic E-state index is -4.99. The molecule has 5 nitrogen and oxygen atoms in total. The van der Waals surface area contributed by atoms with Gasteiger partial charge in [-0.05, 0) is 74.8 Å². The smallest absolute Gasteiger partial charge is 0.352 e. The number of halogens is 6. The molecule has 11 heteroatoms. The number of likely N-dealkylation sites (N-methyl/N-ethyl adjacent to an activating group) is 1. The maximum Gasteiger partial charge on any atom is 0.416 e. The van der Waals surface area contributed by atoms with Crippen LogP contribution in [0.4, 0.5) is 32.0 Å². The molecular weight excluding hydrogens is 524 g/mol. The molecular formula is C28H31F6N3O2. The maximum atomic E-state index is 13.1. The van der Waals surface area contributed by atoms with Crippen molar-refractivity contribution in [3.05, 3.63) is 65.2 Å². The topological polar surface area (TPSA) is 61.4 Å². The number of amides is 2. The Morgan fingerprint density at radius 2 is 1.49 bits per heavy atom. The van der Waals surface area contributed by atoms with Crippen LogP contribution in [0.15, 0.2) is 48.5 Å². The minimum absolute atomic E-state index is 0.0242. The van der Waals surface area contributed by atoms with Crippen LogP contribution in [0.5, 0.6) is 0 Å². The number of hydrogen-bond acceptors (Lipinski definition) is 3. The molecule has 2 aliphatic rings. The molecule has 0 bridgehead atoms. The van der Waals surface area contributed by atoms with Gasteiger partial charge in [0.15, 0.2) is 0 Å². The Morgan fingerprint density at radius 1 is 0.897 bits per heavy atom. The molecule has 0 aromatic heterocycles. The lowest BCUT2D eigenvalue weighted by atomic mass is 9.83. The first kappa shape index (κ1) is 28.9. The van der Waals surface area contributed by atoms with Crippen LogP contribution in [-0.4, -0.2) is 42.4 Å². The number of likely N-dealkylation sites (tertiary alicyclic amines) is 1. The Morgan fingerprint density at radius 3 is 2.05 bits per heavy atom. The van der Waals surface area contributed by atoms with Gasteiger partial charge >= 0.3 is 12.4 Å². The van der Waals surface area contributed by atoms with E-state index in [-0.39, 0.29) is 42.3 Å². The summed E-state index contributed by atoms with van der Waals surface area (Å²) in [5, 5.41) is 5.33. The van der Waals surface area contributed by atoms with E-state index < -0.39 is 35.1 Å². The summed E-state index contributed by atoms with van der Waals surface area (Å²) in [5.74, 6) is -0.468. The van der Waals surface area contributed by atoms with Gasteiger partial charge in [-0.3, -0.25) is 14.5 Å². The van der Waals surface area contributed by atoms with Gasteiger partial charge in [0.05, 0.1) is 17.2 Å². The third-order valence-electron chi connectivity index (χ3n) is 7.66. The molecule has 2 N–H and O–H groups in total. The van der Waals surface area contributed by atoms with Crippen LogP contribution in [0.3, 0.4) is 0 Å². The Kier molecular flexibility index (Phi) is 8.58. The predicted molar refractivity (Wildman–Crippen MR) is 134 cm³/mol. The van der Waals surface area contributed by atoms with Crippen molar-refractivity contribution in [3.63, 3.8) is 0 Å². The van der Waals surface area contributed by atoms with Gasteiger partial charge in [0.1, 0.15) is 0 Å². The molecule has 212 valence electrons. The van der Waals surface area contributed by atoms with E-state index in [0.29, 0.717) is 37.8 Å². The Bertz CT molecular complexity index is 1130.